The number of esters is 1. The second-order valence-electron chi connectivity index (χ2n) is 19.4. The minimum absolute atomic E-state index is 0.0116. The molecule has 0 saturated carbocycles. The Bertz CT molecular complexity index is 883. The third-order valence-corrected chi connectivity index (χ3v) is 12.7. The zero-order valence-corrected chi connectivity index (χ0v) is 41.6. The molecule has 0 aromatic heterocycles. The summed E-state index contributed by atoms with van der Waals surface area (Å²) in [5.74, 6) is 0.901. The minimum atomic E-state index is 0.0116. The topological polar surface area (TPSA) is 26.3 Å². The summed E-state index contributed by atoms with van der Waals surface area (Å²) in [5.41, 5.74) is 0. The van der Waals surface area contributed by atoms with E-state index in [1.165, 1.54) is 250 Å². The van der Waals surface area contributed by atoms with Gasteiger partial charge in [0, 0.05) is 6.42 Å². The number of hydrogen-bond acceptors (Lipinski definition) is 2. The van der Waals surface area contributed by atoms with Gasteiger partial charge in [-0.2, -0.15) is 0 Å². The van der Waals surface area contributed by atoms with Gasteiger partial charge in [-0.25, -0.2) is 0 Å². The third kappa shape index (κ3) is 54.7. The van der Waals surface area contributed by atoms with E-state index >= 15 is 0 Å². The first-order valence-corrected chi connectivity index (χ1v) is 27.8. The summed E-state index contributed by atoms with van der Waals surface area (Å²) in [7, 11) is 0. The molecule has 0 bridgehead atoms. The van der Waals surface area contributed by atoms with E-state index in [-0.39, 0.29) is 5.97 Å². The first-order valence-electron chi connectivity index (χ1n) is 27.8. The summed E-state index contributed by atoms with van der Waals surface area (Å²) < 4.78 is 5.48. The van der Waals surface area contributed by atoms with Crippen LogP contribution in [0.1, 0.15) is 316 Å². The first-order chi connectivity index (χ1) is 29.7. The third-order valence-electron chi connectivity index (χ3n) is 12.7. The predicted octanol–water partition coefficient (Wildman–Crippen LogP) is 20.8. The molecule has 0 atom stereocenters. The average Bonchev–Trinajstić information content (AvgIpc) is 3.24. The lowest BCUT2D eigenvalue weighted by molar-refractivity contribution is -0.143. The fraction of sp³-hybridized carbons (Fsp3) is 0.879. The van der Waals surface area contributed by atoms with Crippen LogP contribution in [-0.4, -0.2) is 12.6 Å². The van der Waals surface area contributed by atoms with Crippen molar-refractivity contribution >= 4 is 5.97 Å². The van der Waals surface area contributed by atoms with E-state index in [9.17, 15) is 4.79 Å². The van der Waals surface area contributed by atoms with Crippen molar-refractivity contribution in [3.63, 3.8) is 0 Å². The monoisotopic (exact) mass is 839 g/mol. The van der Waals surface area contributed by atoms with E-state index in [2.05, 4.69) is 57.2 Å². The Labute approximate surface area is 379 Å². The fourth-order valence-corrected chi connectivity index (χ4v) is 8.63. The Kier molecular flexibility index (Phi) is 52.6. The molecule has 0 aliphatic carbocycles. The van der Waals surface area contributed by atoms with Gasteiger partial charge in [-0.3, -0.25) is 4.79 Å². The average molecular weight is 840 g/mol. The summed E-state index contributed by atoms with van der Waals surface area (Å²) in [4.78, 5) is 12.0. The molecule has 0 heterocycles. The molecule has 0 aliphatic heterocycles. The Morgan fingerprint density at radius 1 is 0.350 bits per heavy atom. The van der Waals surface area contributed by atoms with E-state index < -0.39 is 0 Å². The molecule has 354 valence electrons. The van der Waals surface area contributed by atoms with Crippen molar-refractivity contribution in [2.24, 2.45) is 5.92 Å². The Morgan fingerprint density at radius 3 is 0.983 bits per heavy atom. The Hall–Kier alpha value is -1.31. The van der Waals surface area contributed by atoms with Crippen LogP contribution < -0.4 is 0 Å². The predicted molar refractivity (Wildman–Crippen MR) is 271 cm³/mol. The van der Waals surface area contributed by atoms with Crippen LogP contribution in [0.3, 0.4) is 0 Å². The van der Waals surface area contributed by atoms with Crippen molar-refractivity contribution in [2.45, 2.75) is 316 Å². The van der Waals surface area contributed by atoms with Crippen LogP contribution in [-0.2, 0) is 9.53 Å². The zero-order valence-electron chi connectivity index (χ0n) is 41.6. The maximum Gasteiger partial charge on any atom is 0.305 e. The number of allylic oxidation sites excluding steroid dienone is 6. The van der Waals surface area contributed by atoms with Gasteiger partial charge in [0.1, 0.15) is 0 Å². The molecule has 0 fully saturated rings. The van der Waals surface area contributed by atoms with E-state index in [1.54, 1.807) is 0 Å². The lowest BCUT2D eigenvalue weighted by atomic mass is 10.0. The molecule has 0 saturated heterocycles. The van der Waals surface area contributed by atoms with Gasteiger partial charge >= 0.3 is 5.97 Å². The van der Waals surface area contributed by atoms with E-state index in [0.29, 0.717) is 13.0 Å². The molecule has 0 aromatic carbocycles. The van der Waals surface area contributed by atoms with Crippen molar-refractivity contribution < 1.29 is 9.53 Å². The van der Waals surface area contributed by atoms with Crippen LogP contribution in [0.2, 0.25) is 0 Å². The molecule has 0 N–H and O–H groups in total. The van der Waals surface area contributed by atoms with Crippen molar-refractivity contribution in [1.82, 2.24) is 0 Å². The van der Waals surface area contributed by atoms with Gasteiger partial charge in [-0.1, -0.05) is 301 Å². The lowest BCUT2D eigenvalue weighted by Gasteiger charge is -2.06. The van der Waals surface area contributed by atoms with Gasteiger partial charge in [-0.05, 0) is 50.9 Å². The number of ether oxygens (including phenoxy) is 1. The maximum atomic E-state index is 12.0. The highest BCUT2D eigenvalue weighted by molar-refractivity contribution is 5.69. The molecule has 0 aromatic rings. The van der Waals surface area contributed by atoms with Crippen molar-refractivity contribution in [1.29, 1.82) is 0 Å². The van der Waals surface area contributed by atoms with Gasteiger partial charge in [0.05, 0.1) is 6.61 Å². The first kappa shape index (κ1) is 58.7. The van der Waals surface area contributed by atoms with Gasteiger partial charge in [0.25, 0.3) is 0 Å². The molecule has 0 radical (unpaired) electrons. The fourth-order valence-electron chi connectivity index (χ4n) is 8.63. The van der Waals surface area contributed by atoms with Crippen LogP contribution in [0, 0.1) is 5.92 Å². The normalized spacial score (nSPS) is 12.1. The SMILES string of the molecule is CC/C=C\C/C=C\C/C=C\CCCCCCCC(=O)OCCCCCCCCCCCCCCCCCCCCCCCCCCCCCCCCCCCCCC(C)C. The van der Waals surface area contributed by atoms with Gasteiger partial charge < -0.3 is 4.74 Å². The molecular formula is C58H110O2. The molecule has 0 rings (SSSR count). The van der Waals surface area contributed by atoms with Gasteiger partial charge in [-0.15, -0.1) is 0 Å². The molecule has 0 spiro atoms. The van der Waals surface area contributed by atoms with Crippen molar-refractivity contribution in [3.05, 3.63) is 36.5 Å². The quantitative estimate of drug-likeness (QED) is 0.0347. The Morgan fingerprint density at radius 2 is 0.633 bits per heavy atom. The standard InChI is InChI=1S/C58H110O2/c1-4-5-6-7-8-9-10-11-33-37-40-43-46-49-52-55-58(59)60-56-53-50-47-44-41-38-35-32-30-28-26-24-22-20-18-16-14-12-13-15-17-19-21-23-25-27-29-31-34-36-39-42-45-48-51-54-57(2)3/h5-6,8-9,11,33,57H,4,7,10,12-32,34-56H2,1-3H3/b6-5-,9-8-,33-11-. The highest BCUT2D eigenvalue weighted by Crippen LogP contribution is 2.18. The maximum absolute atomic E-state index is 12.0. The molecular weight excluding hydrogens is 729 g/mol. The number of hydrogen-bond donors (Lipinski definition) is 0. The van der Waals surface area contributed by atoms with Crippen LogP contribution in [0.5, 0.6) is 0 Å². The number of rotatable bonds is 51. The minimum Gasteiger partial charge on any atom is -0.466 e. The van der Waals surface area contributed by atoms with Gasteiger partial charge in [0.15, 0.2) is 0 Å². The summed E-state index contributed by atoms with van der Waals surface area (Å²) in [5, 5.41) is 0. The molecule has 0 amide bonds. The zero-order chi connectivity index (χ0) is 43.3. The van der Waals surface area contributed by atoms with E-state index in [0.717, 1.165) is 44.4 Å². The molecule has 0 aliphatic rings. The lowest BCUT2D eigenvalue weighted by Crippen LogP contribution is -2.05. The van der Waals surface area contributed by atoms with E-state index in [1.807, 2.05) is 0 Å². The molecule has 2 nitrogen and oxygen atoms in total. The largest absolute Gasteiger partial charge is 0.466 e. The number of carbonyl (C=O) groups excluding carboxylic acids is 1. The van der Waals surface area contributed by atoms with Crippen molar-refractivity contribution in [3.8, 4) is 0 Å². The second-order valence-corrected chi connectivity index (χ2v) is 19.4. The van der Waals surface area contributed by atoms with Crippen LogP contribution in [0.15, 0.2) is 36.5 Å². The number of unbranched alkanes of at least 4 members (excludes halogenated alkanes) is 39. The van der Waals surface area contributed by atoms with Crippen LogP contribution in [0.4, 0.5) is 0 Å². The number of carbonyl (C=O) groups is 1. The molecule has 2 heteroatoms. The van der Waals surface area contributed by atoms with Gasteiger partial charge in [0.2, 0.25) is 0 Å². The summed E-state index contributed by atoms with van der Waals surface area (Å²) in [6.45, 7) is 7.49. The summed E-state index contributed by atoms with van der Waals surface area (Å²) in [6.07, 6.45) is 76.1. The van der Waals surface area contributed by atoms with E-state index in [4.69, 9.17) is 4.74 Å². The van der Waals surface area contributed by atoms with Crippen LogP contribution >= 0.6 is 0 Å². The second kappa shape index (κ2) is 53.8. The highest BCUT2D eigenvalue weighted by atomic mass is 16.5. The van der Waals surface area contributed by atoms with Crippen molar-refractivity contribution in [2.75, 3.05) is 6.61 Å². The highest BCUT2D eigenvalue weighted by Gasteiger charge is 2.03. The Balaban J connectivity index is 3.16. The summed E-state index contributed by atoms with van der Waals surface area (Å²) >= 11 is 0. The molecule has 60 heavy (non-hydrogen) atoms. The van der Waals surface area contributed by atoms with Crippen LogP contribution in [0.25, 0.3) is 0 Å². The molecule has 0 unspecified atom stereocenters. The smallest absolute Gasteiger partial charge is 0.305 e. The summed E-state index contributed by atoms with van der Waals surface area (Å²) in [6, 6.07) is 0.